The van der Waals surface area contributed by atoms with E-state index in [1.807, 2.05) is 0 Å². The van der Waals surface area contributed by atoms with Crippen molar-refractivity contribution in [3.8, 4) is 11.5 Å². The summed E-state index contributed by atoms with van der Waals surface area (Å²) in [4.78, 5) is 49.9. The number of hydrogen-bond acceptors (Lipinski definition) is 7. The van der Waals surface area contributed by atoms with Crippen molar-refractivity contribution in [1.82, 2.24) is 16.0 Å². The molecule has 0 bridgehead atoms. The van der Waals surface area contributed by atoms with Crippen LogP contribution in [0.25, 0.3) is 10.8 Å². The van der Waals surface area contributed by atoms with Crippen molar-refractivity contribution in [1.29, 1.82) is 0 Å². The highest BCUT2D eigenvalue weighted by molar-refractivity contribution is 6.06. The lowest BCUT2D eigenvalue weighted by Crippen LogP contribution is -2.38. The number of methoxy groups -OCH3 is 1. The number of carboxylic acid groups (broad SMARTS) is 1. The molecule has 11 nitrogen and oxygen atoms in total. The van der Waals surface area contributed by atoms with Gasteiger partial charge in [0.1, 0.15) is 11.5 Å². The molecule has 2 atom stereocenters. The van der Waals surface area contributed by atoms with Crippen LogP contribution >= 0.6 is 0 Å². The average Bonchev–Trinajstić information content (AvgIpc) is 3.13. The van der Waals surface area contributed by atoms with Crippen molar-refractivity contribution >= 4 is 34.5 Å². The lowest BCUT2D eigenvalue weighted by Gasteiger charge is -2.18. The van der Waals surface area contributed by atoms with Crippen LogP contribution in [0.4, 0.5) is 0 Å². The molecule has 0 saturated heterocycles. The summed E-state index contributed by atoms with van der Waals surface area (Å²) in [7, 11) is 1.53. The van der Waals surface area contributed by atoms with E-state index < -0.39 is 23.9 Å². The van der Waals surface area contributed by atoms with Gasteiger partial charge in [0.2, 0.25) is 5.91 Å². The van der Waals surface area contributed by atoms with Gasteiger partial charge in [0, 0.05) is 43.9 Å². The fourth-order valence-electron chi connectivity index (χ4n) is 6.28. The molecule has 3 amide bonds. The van der Waals surface area contributed by atoms with Crippen LogP contribution in [0.1, 0.15) is 140 Å². The number of carboxylic acids is 1. The fraction of sp³-hybridized carbons (Fsp3) is 0.659. The van der Waals surface area contributed by atoms with E-state index in [1.54, 1.807) is 31.2 Å². The third-order valence-electron chi connectivity index (χ3n) is 9.42. The molecule has 0 aromatic heterocycles. The number of phenolic OH excluding ortho intramolecular Hbond substituents is 1. The first-order valence-electron chi connectivity index (χ1n) is 19.6. The van der Waals surface area contributed by atoms with Crippen molar-refractivity contribution < 1.29 is 38.9 Å². The molecule has 2 aromatic carbocycles. The van der Waals surface area contributed by atoms with Crippen molar-refractivity contribution in [3.05, 3.63) is 35.9 Å². The van der Waals surface area contributed by atoms with Crippen LogP contribution in [0, 0.1) is 5.92 Å². The number of aromatic hydroxyl groups is 1. The fourth-order valence-corrected chi connectivity index (χ4v) is 6.28. The molecule has 0 heterocycles. The van der Waals surface area contributed by atoms with Gasteiger partial charge in [-0.1, -0.05) is 134 Å². The average molecular weight is 728 g/mol. The summed E-state index contributed by atoms with van der Waals surface area (Å²) in [6, 6.07) is 8.24. The van der Waals surface area contributed by atoms with E-state index in [2.05, 4.69) is 22.9 Å². The Morgan fingerprint density at radius 1 is 0.731 bits per heavy atom. The summed E-state index contributed by atoms with van der Waals surface area (Å²) in [6.07, 6.45) is 19.5. The number of amides is 3. The maximum atomic E-state index is 13.1. The molecule has 0 fully saturated rings. The molecule has 2 rings (SSSR count). The van der Waals surface area contributed by atoms with Gasteiger partial charge in [-0.2, -0.15) is 0 Å². The zero-order valence-corrected chi connectivity index (χ0v) is 31.9. The van der Waals surface area contributed by atoms with Crippen molar-refractivity contribution in [2.24, 2.45) is 5.92 Å². The number of phenols is 1. The topological polar surface area (TPSA) is 163 Å². The Hall–Kier alpha value is -3.86. The number of nitrogens with one attached hydrogen (secondary N) is 3. The van der Waals surface area contributed by atoms with Crippen LogP contribution in [0.5, 0.6) is 11.5 Å². The highest BCUT2D eigenvalue weighted by atomic mass is 16.5. The summed E-state index contributed by atoms with van der Waals surface area (Å²) in [5.74, 6) is -3.04. The second kappa shape index (κ2) is 26.8. The zero-order chi connectivity index (χ0) is 38.0. The summed E-state index contributed by atoms with van der Waals surface area (Å²) in [6.45, 7) is 4.66. The highest BCUT2D eigenvalue weighted by Gasteiger charge is 2.22. The lowest BCUT2D eigenvalue weighted by atomic mass is 9.96. The van der Waals surface area contributed by atoms with E-state index in [1.165, 1.54) is 90.2 Å². The van der Waals surface area contributed by atoms with Crippen LogP contribution in [0.2, 0.25) is 0 Å². The monoisotopic (exact) mass is 727 g/mol. The standard InChI is InChI=1S/C41H65N3O8/c1-4-5-6-7-8-9-10-11-12-13-14-15-16-17-18-19-22-32(41(49)50)29-37(45)42-25-26-43-40(48)35-30-36(33-23-20-21-24-34(33)38(35)46)52-31(2)39(47)44-27-28-51-3/h20-21,23-24,30-32,46H,4-19,22,25-29H2,1-3H3,(H,42,45)(H,43,48)(H,44,47)(H,49,50). The number of rotatable bonds is 30. The molecule has 0 spiro atoms. The van der Waals surface area contributed by atoms with Gasteiger partial charge in [-0.25, -0.2) is 0 Å². The van der Waals surface area contributed by atoms with Crippen LogP contribution in [0.3, 0.4) is 0 Å². The third-order valence-corrected chi connectivity index (χ3v) is 9.42. The molecule has 2 aromatic rings. The first-order chi connectivity index (χ1) is 25.2. The van der Waals surface area contributed by atoms with E-state index in [-0.39, 0.29) is 48.4 Å². The van der Waals surface area contributed by atoms with E-state index >= 15 is 0 Å². The predicted octanol–water partition coefficient (Wildman–Crippen LogP) is 7.66. The lowest BCUT2D eigenvalue weighted by molar-refractivity contribution is -0.144. The summed E-state index contributed by atoms with van der Waals surface area (Å²) in [5.41, 5.74) is -0.0447. The molecule has 0 saturated carbocycles. The Bertz CT molecular complexity index is 1350. The number of hydrogen-bond donors (Lipinski definition) is 5. The number of carbonyl (C=O) groups excluding carboxylic acids is 3. The second-order valence-electron chi connectivity index (χ2n) is 13.8. The molecule has 0 aliphatic rings. The molecule has 292 valence electrons. The van der Waals surface area contributed by atoms with Crippen LogP contribution in [0.15, 0.2) is 30.3 Å². The summed E-state index contributed by atoms with van der Waals surface area (Å²) in [5, 5.41) is 29.6. The maximum Gasteiger partial charge on any atom is 0.307 e. The number of aliphatic carboxylic acids is 1. The highest BCUT2D eigenvalue weighted by Crippen LogP contribution is 2.36. The molecular formula is C41H65N3O8. The normalized spacial score (nSPS) is 12.3. The van der Waals surface area contributed by atoms with Crippen LogP contribution in [-0.2, 0) is 19.1 Å². The molecule has 5 N–H and O–H groups in total. The minimum atomic E-state index is -0.976. The number of carbonyl (C=O) groups is 4. The molecule has 0 radical (unpaired) electrons. The van der Waals surface area contributed by atoms with Crippen molar-refractivity contribution in [3.63, 3.8) is 0 Å². The Labute approximate surface area is 311 Å². The minimum absolute atomic E-state index is 0.0447. The zero-order valence-electron chi connectivity index (χ0n) is 31.9. The number of ether oxygens (including phenoxy) is 2. The molecular weight excluding hydrogens is 662 g/mol. The van der Waals surface area contributed by atoms with Crippen molar-refractivity contribution in [2.75, 3.05) is 33.4 Å². The Morgan fingerprint density at radius 3 is 1.83 bits per heavy atom. The first-order valence-corrected chi connectivity index (χ1v) is 19.6. The maximum absolute atomic E-state index is 13.1. The molecule has 11 heteroatoms. The van der Waals surface area contributed by atoms with E-state index in [0.717, 1.165) is 25.7 Å². The smallest absolute Gasteiger partial charge is 0.307 e. The van der Waals surface area contributed by atoms with E-state index in [4.69, 9.17) is 9.47 Å². The van der Waals surface area contributed by atoms with Gasteiger partial charge in [-0.05, 0) is 19.4 Å². The van der Waals surface area contributed by atoms with Gasteiger partial charge < -0.3 is 35.6 Å². The number of benzene rings is 2. The molecule has 52 heavy (non-hydrogen) atoms. The van der Waals surface area contributed by atoms with E-state index in [0.29, 0.717) is 30.3 Å². The second-order valence-corrected chi connectivity index (χ2v) is 13.8. The largest absolute Gasteiger partial charge is 0.506 e. The molecule has 0 aliphatic carbocycles. The first kappa shape index (κ1) is 44.3. The van der Waals surface area contributed by atoms with Gasteiger partial charge in [0.25, 0.3) is 11.8 Å². The van der Waals surface area contributed by atoms with Gasteiger partial charge in [-0.15, -0.1) is 0 Å². The minimum Gasteiger partial charge on any atom is -0.506 e. The van der Waals surface area contributed by atoms with Gasteiger partial charge in [0.15, 0.2) is 6.10 Å². The predicted molar refractivity (Wildman–Crippen MR) is 206 cm³/mol. The van der Waals surface area contributed by atoms with Crippen molar-refractivity contribution in [2.45, 2.75) is 136 Å². The number of unbranched alkanes of at least 4 members (excludes halogenated alkanes) is 15. The Balaban J connectivity index is 1.68. The van der Waals surface area contributed by atoms with Crippen LogP contribution < -0.4 is 20.7 Å². The summed E-state index contributed by atoms with van der Waals surface area (Å²) >= 11 is 0. The Kier molecular flexibility index (Phi) is 22.9. The van der Waals surface area contributed by atoms with Gasteiger partial charge in [0.05, 0.1) is 18.1 Å². The molecule has 0 aliphatic heterocycles. The van der Waals surface area contributed by atoms with Crippen LogP contribution in [-0.4, -0.2) is 73.4 Å². The molecule has 2 unspecified atom stereocenters. The van der Waals surface area contributed by atoms with Gasteiger partial charge in [-0.3, -0.25) is 19.2 Å². The number of fused-ring (bicyclic) bond motifs is 1. The van der Waals surface area contributed by atoms with Gasteiger partial charge >= 0.3 is 5.97 Å². The quantitative estimate of drug-likeness (QED) is 0.0512. The Morgan fingerprint density at radius 2 is 1.27 bits per heavy atom. The van der Waals surface area contributed by atoms with E-state index in [9.17, 15) is 29.4 Å². The third kappa shape index (κ3) is 17.6. The summed E-state index contributed by atoms with van der Waals surface area (Å²) < 4.78 is 10.9. The SMILES string of the molecule is CCCCCCCCCCCCCCCCCCC(CC(=O)NCCNC(=O)c1cc(OC(C)C(=O)NCCOC)c2ccccc2c1O)C(=O)O.